The van der Waals surface area contributed by atoms with Crippen molar-refractivity contribution in [1.29, 1.82) is 0 Å². The third kappa shape index (κ3) is 3.32. The molecule has 5 heteroatoms. The second kappa shape index (κ2) is 6.33. The van der Waals surface area contributed by atoms with E-state index in [1.165, 1.54) is 0 Å². The number of fused-ring (bicyclic) bond motifs is 1. The lowest BCUT2D eigenvalue weighted by Crippen LogP contribution is -2.26. The molecule has 3 N–H and O–H groups in total. The Bertz CT molecular complexity index is 538. The van der Waals surface area contributed by atoms with Gasteiger partial charge in [0.05, 0.1) is 23.7 Å². The van der Waals surface area contributed by atoms with Gasteiger partial charge in [0.25, 0.3) is 0 Å². The van der Waals surface area contributed by atoms with E-state index in [4.69, 9.17) is 10.5 Å². The summed E-state index contributed by atoms with van der Waals surface area (Å²) in [6, 6.07) is 7.90. The Balaban J connectivity index is 2.25. The van der Waals surface area contributed by atoms with E-state index in [0.29, 0.717) is 18.2 Å². The zero-order chi connectivity index (χ0) is 13.7. The molecule has 102 valence electrons. The number of nitrogen functional groups attached to an aromatic ring is 1. The molecule has 0 aliphatic carbocycles. The van der Waals surface area contributed by atoms with Gasteiger partial charge in [0.1, 0.15) is 0 Å². The second-order valence-electron chi connectivity index (χ2n) is 4.53. The molecule has 19 heavy (non-hydrogen) atoms. The third-order valence-electron chi connectivity index (χ3n) is 2.94. The average molecular weight is 260 g/mol. The molecule has 5 nitrogen and oxygen atoms in total. The minimum absolute atomic E-state index is 0.202. The molecule has 0 radical (unpaired) electrons. The van der Waals surface area contributed by atoms with Crippen molar-refractivity contribution in [3.8, 4) is 0 Å². The highest BCUT2D eigenvalue weighted by Crippen LogP contribution is 2.19. The van der Waals surface area contributed by atoms with Crippen LogP contribution in [0.3, 0.4) is 0 Å². The molecule has 1 heterocycles. The molecular formula is C14H20N4O. The maximum absolute atomic E-state index is 5.95. The summed E-state index contributed by atoms with van der Waals surface area (Å²) in [6.07, 6.45) is 2.07. The maximum Gasteiger partial charge on any atom is 0.169 e. The number of hydrogen-bond acceptors (Lipinski definition) is 5. The lowest BCUT2D eigenvalue weighted by Gasteiger charge is -2.18. The van der Waals surface area contributed by atoms with Crippen LogP contribution in [0, 0.1) is 0 Å². The molecule has 1 aromatic heterocycles. The molecule has 0 amide bonds. The molecule has 0 bridgehead atoms. The van der Waals surface area contributed by atoms with Gasteiger partial charge in [-0.15, -0.1) is 0 Å². The van der Waals surface area contributed by atoms with Crippen LogP contribution in [0.15, 0.2) is 24.3 Å². The molecule has 2 rings (SSSR count). The predicted octanol–water partition coefficient (Wildman–Crippen LogP) is 2.44. The number of methoxy groups -OCH3 is 1. The number of ether oxygens (including phenoxy) is 1. The highest BCUT2D eigenvalue weighted by atomic mass is 16.5. The van der Waals surface area contributed by atoms with Gasteiger partial charge in [-0.1, -0.05) is 25.5 Å². The van der Waals surface area contributed by atoms with Gasteiger partial charge in [0, 0.05) is 7.11 Å². The molecule has 2 aromatic rings. The fourth-order valence-corrected chi connectivity index (χ4v) is 2.06. The summed E-state index contributed by atoms with van der Waals surface area (Å²) in [5, 5.41) is 3.32. The monoisotopic (exact) mass is 260 g/mol. The van der Waals surface area contributed by atoms with E-state index < -0.39 is 0 Å². The Morgan fingerprint density at radius 1 is 1.26 bits per heavy atom. The van der Waals surface area contributed by atoms with Crippen molar-refractivity contribution in [2.24, 2.45) is 0 Å². The number of nitrogens with one attached hydrogen (secondary N) is 1. The normalized spacial score (nSPS) is 12.5. The van der Waals surface area contributed by atoms with Crippen molar-refractivity contribution in [1.82, 2.24) is 9.97 Å². The number of nitrogens with zero attached hydrogens (tertiary/aromatic N) is 2. The molecule has 1 aromatic carbocycles. The van der Waals surface area contributed by atoms with E-state index in [1.54, 1.807) is 7.11 Å². The summed E-state index contributed by atoms with van der Waals surface area (Å²) in [6.45, 7) is 2.77. The summed E-state index contributed by atoms with van der Waals surface area (Å²) in [4.78, 5) is 8.89. The summed E-state index contributed by atoms with van der Waals surface area (Å²) < 4.78 is 5.20. The van der Waals surface area contributed by atoms with Crippen LogP contribution in [-0.2, 0) is 4.74 Å². The van der Waals surface area contributed by atoms with Gasteiger partial charge in [0.2, 0.25) is 0 Å². The smallest absolute Gasteiger partial charge is 0.169 e. The molecule has 0 saturated carbocycles. The van der Waals surface area contributed by atoms with Crippen LogP contribution in [0.5, 0.6) is 0 Å². The third-order valence-corrected chi connectivity index (χ3v) is 2.94. The Kier molecular flexibility index (Phi) is 4.52. The van der Waals surface area contributed by atoms with Crippen molar-refractivity contribution >= 4 is 22.7 Å². The minimum atomic E-state index is 0.202. The van der Waals surface area contributed by atoms with E-state index in [9.17, 15) is 0 Å². The molecule has 0 fully saturated rings. The topological polar surface area (TPSA) is 73.1 Å². The molecule has 0 aliphatic heterocycles. The SMILES string of the molecule is CCCC(COC)Nc1nc2ccccc2nc1N. The van der Waals surface area contributed by atoms with Crippen LogP contribution in [0.1, 0.15) is 19.8 Å². The minimum Gasteiger partial charge on any atom is -0.383 e. The Morgan fingerprint density at radius 2 is 1.95 bits per heavy atom. The summed E-state index contributed by atoms with van der Waals surface area (Å²) in [5.74, 6) is 1.06. The average Bonchev–Trinajstić information content (AvgIpc) is 2.40. The number of benzene rings is 1. The van der Waals surface area contributed by atoms with Gasteiger partial charge >= 0.3 is 0 Å². The van der Waals surface area contributed by atoms with Gasteiger partial charge in [-0.3, -0.25) is 0 Å². The Hall–Kier alpha value is -1.88. The summed E-state index contributed by atoms with van der Waals surface area (Å²) in [5.41, 5.74) is 7.60. The standard InChI is InChI=1S/C14H20N4O/c1-3-6-10(9-19-2)16-14-13(15)17-11-7-4-5-8-12(11)18-14/h4-5,7-8,10H,3,6,9H2,1-2H3,(H2,15,17)(H,16,18). The molecule has 1 atom stereocenters. The van der Waals surface area contributed by atoms with Crippen LogP contribution in [0.2, 0.25) is 0 Å². The van der Waals surface area contributed by atoms with E-state index in [-0.39, 0.29) is 6.04 Å². The number of para-hydroxylation sites is 2. The van der Waals surface area contributed by atoms with Gasteiger partial charge in [0.15, 0.2) is 11.6 Å². The highest BCUT2D eigenvalue weighted by molar-refractivity contribution is 5.79. The lowest BCUT2D eigenvalue weighted by molar-refractivity contribution is 0.182. The van der Waals surface area contributed by atoms with Crippen molar-refractivity contribution in [2.75, 3.05) is 24.8 Å². The predicted molar refractivity (Wildman–Crippen MR) is 78.1 cm³/mol. The van der Waals surface area contributed by atoms with Crippen molar-refractivity contribution < 1.29 is 4.74 Å². The summed E-state index contributed by atoms with van der Waals surface area (Å²) >= 11 is 0. The van der Waals surface area contributed by atoms with Gasteiger partial charge in [-0.05, 0) is 18.6 Å². The largest absolute Gasteiger partial charge is 0.383 e. The first-order chi connectivity index (χ1) is 9.24. The Morgan fingerprint density at radius 3 is 2.58 bits per heavy atom. The van der Waals surface area contributed by atoms with Crippen LogP contribution in [0.25, 0.3) is 11.0 Å². The molecule has 0 aliphatic rings. The van der Waals surface area contributed by atoms with Crippen LogP contribution in [0.4, 0.5) is 11.6 Å². The van der Waals surface area contributed by atoms with E-state index in [0.717, 1.165) is 23.9 Å². The fourth-order valence-electron chi connectivity index (χ4n) is 2.06. The number of nitrogens with two attached hydrogens (primary N) is 1. The second-order valence-corrected chi connectivity index (χ2v) is 4.53. The van der Waals surface area contributed by atoms with Crippen LogP contribution >= 0.6 is 0 Å². The van der Waals surface area contributed by atoms with Crippen molar-refractivity contribution in [3.63, 3.8) is 0 Å². The molecule has 0 saturated heterocycles. The van der Waals surface area contributed by atoms with Gasteiger partial charge in [-0.25, -0.2) is 9.97 Å². The van der Waals surface area contributed by atoms with Crippen molar-refractivity contribution in [3.05, 3.63) is 24.3 Å². The van der Waals surface area contributed by atoms with E-state index >= 15 is 0 Å². The van der Waals surface area contributed by atoms with Crippen LogP contribution < -0.4 is 11.1 Å². The quantitative estimate of drug-likeness (QED) is 0.834. The molecule has 0 spiro atoms. The first-order valence-corrected chi connectivity index (χ1v) is 6.52. The highest BCUT2D eigenvalue weighted by Gasteiger charge is 2.11. The molecule has 1 unspecified atom stereocenters. The number of rotatable bonds is 6. The maximum atomic E-state index is 5.95. The fraction of sp³-hybridized carbons (Fsp3) is 0.429. The van der Waals surface area contributed by atoms with Gasteiger partial charge < -0.3 is 15.8 Å². The zero-order valence-electron chi connectivity index (χ0n) is 11.4. The number of aromatic nitrogens is 2. The molecular weight excluding hydrogens is 240 g/mol. The van der Waals surface area contributed by atoms with Gasteiger partial charge in [-0.2, -0.15) is 0 Å². The first kappa shape index (κ1) is 13.5. The van der Waals surface area contributed by atoms with Crippen molar-refractivity contribution in [2.45, 2.75) is 25.8 Å². The van der Waals surface area contributed by atoms with E-state index in [1.807, 2.05) is 24.3 Å². The first-order valence-electron chi connectivity index (χ1n) is 6.52. The Labute approximate surface area is 113 Å². The number of hydrogen-bond donors (Lipinski definition) is 2. The number of anilines is 2. The zero-order valence-corrected chi connectivity index (χ0v) is 11.4. The van der Waals surface area contributed by atoms with E-state index in [2.05, 4.69) is 22.2 Å². The van der Waals surface area contributed by atoms with Crippen LogP contribution in [-0.4, -0.2) is 29.7 Å². The summed E-state index contributed by atoms with van der Waals surface area (Å²) in [7, 11) is 1.69. The lowest BCUT2D eigenvalue weighted by atomic mass is 10.2.